The number of aromatic nitrogens is 2. The number of benzene rings is 1. The van der Waals surface area contributed by atoms with Gasteiger partial charge in [0.05, 0.1) is 17.9 Å². The average molecular weight is 311 g/mol. The summed E-state index contributed by atoms with van der Waals surface area (Å²) >= 11 is 1.53. The summed E-state index contributed by atoms with van der Waals surface area (Å²) in [6.45, 7) is 4.18. The number of hydrogen-bond donors (Lipinski definition) is 1. The van der Waals surface area contributed by atoms with Gasteiger partial charge in [0, 0.05) is 28.9 Å². The lowest BCUT2D eigenvalue weighted by atomic mass is 10.2. The third kappa shape index (κ3) is 2.37. The first-order chi connectivity index (χ1) is 9.97. The molecule has 3 rings (SSSR count). The van der Waals surface area contributed by atoms with Crippen LogP contribution in [0.15, 0.2) is 17.5 Å². The van der Waals surface area contributed by atoms with Gasteiger partial charge in [-0.2, -0.15) is 0 Å². The summed E-state index contributed by atoms with van der Waals surface area (Å²) in [5, 5.41) is 4.89. The third-order valence-electron chi connectivity index (χ3n) is 3.27. The molecule has 0 aliphatic carbocycles. The van der Waals surface area contributed by atoms with E-state index in [2.05, 4.69) is 10.3 Å². The number of thiazole rings is 1. The summed E-state index contributed by atoms with van der Waals surface area (Å²) in [6, 6.07) is 1.87. The molecule has 1 N–H and O–H groups in total. The van der Waals surface area contributed by atoms with Crippen molar-refractivity contribution in [3.8, 4) is 0 Å². The van der Waals surface area contributed by atoms with Crippen molar-refractivity contribution in [2.45, 2.75) is 20.4 Å². The molecule has 2 aromatic heterocycles. The van der Waals surface area contributed by atoms with Crippen LogP contribution in [0.3, 0.4) is 0 Å². The van der Waals surface area contributed by atoms with Gasteiger partial charge in [0.15, 0.2) is 22.4 Å². The third-order valence-corrected chi connectivity index (χ3v) is 4.22. The van der Waals surface area contributed by atoms with Gasteiger partial charge in [-0.15, -0.1) is 11.3 Å². The van der Waals surface area contributed by atoms with Crippen LogP contribution < -0.4 is 5.32 Å². The van der Waals surface area contributed by atoms with Crippen molar-refractivity contribution in [1.29, 1.82) is 0 Å². The van der Waals surface area contributed by atoms with Gasteiger partial charge in [0.1, 0.15) is 0 Å². The van der Waals surface area contributed by atoms with Gasteiger partial charge >= 0.3 is 0 Å². The quantitative estimate of drug-likeness (QED) is 0.740. The van der Waals surface area contributed by atoms with E-state index in [1.165, 1.54) is 11.3 Å². The Morgan fingerprint density at radius 3 is 2.52 bits per heavy atom. The normalized spacial score (nSPS) is 11.3. The van der Waals surface area contributed by atoms with E-state index in [9.17, 15) is 13.2 Å². The van der Waals surface area contributed by atoms with E-state index in [-0.39, 0.29) is 5.69 Å². The Balaban J connectivity index is 1.90. The molecule has 3 aromatic rings. The summed E-state index contributed by atoms with van der Waals surface area (Å²) in [4.78, 5) is 5.30. The van der Waals surface area contributed by atoms with E-state index >= 15 is 0 Å². The molecule has 0 atom stereocenters. The van der Waals surface area contributed by atoms with Gasteiger partial charge in [0.2, 0.25) is 0 Å². The molecule has 21 heavy (non-hydrogen) atoms. The number of anilines is 1. The first kappa shape index (κ1) is 13.9. The molecular formula is C14H12F3N3S. The Kier molecular flexibility index (Phi) is 3.36. The molecule has 0 aliphatic heterocycles. The molecule has 0 spiro atoms. The summed E-state index contributed by atoms with van der Waals surface area (Å²) in [6.07, 6.45) is 0. The number of rotatable bonds is 3. The smallest absolute Gasteiger partial charge is 0.194 e. The van der Waals surface area contributed by atoms with Crippen molar-refractivity contribution in [3.05, 3.63) is 52.0 Å². The van der Waals surface area contributed by atoms with Crippen LogP contribution >= 0.6 is 11.3 Å². The Labute approximate surface area is 123 Å². The van der Waals surface area contributed by atoms with Gasteiger partial charge in [-0.3, -0.25) is 4.40 Å². The van der Waals surface area contributed by atoms with Gasteiger partial charge in [-0.05, 0) is 13.8 Å². The van der Waals surface area contributed by atoms with Crippen molar-refractivity contribution in [1.82, 2.24) is 9.38 Å². The molecule has 0 saturated heterocycles. The second-order valence-electron chi connectivity index (χ2n) is 4.75. The van der Waals surface area contributed by atoms with Crippen molar-refractivity contribution < 1.29 is 13.2 Å². The minimum atomic E-state index is -1.46. The highest BCUT2D eigenvalue weighted by molar-refractivity contribution is 7.15. The lowest BCUT2D eigenvalue weighted by Crippen LogP contribution is -2.06. The van der Waals surface area contributed by atoms with Crippen LogP contribution in [0.5, 0.6) is 0 Å². The Morgan fingerprint density at radius 1 is 1.19 bits per heavy atom. The van der Waals surface area contributed by atoms with Crippen molar-refractivity contribution >= 4 is 22.0 Å². The maximum Gasteiger partial charge on any atom is 0.194 e. The number of hydrogen-bond acceptors (Lipinski definition) is 3. The molecule has 0 fully saturated rings. The number of fused-ring (bicyclic) bond motifs is 1. The first-order valence-corrected chi connectivity index (χ1v) is 7.15. The van der Waals surface area contributed by atoms with Crippen LogP contribution in [-0.4, -0.2) is 9.38 Å². The van der Waals surface area contributed by atoms with Crippen LogP contribution in [0.4, 0.5) is 18.9 Å². The topological polar surface area (TPSA) is 29.3 Å². The van der Waals surface area contributed by atoms with E-state index in [1.54, 1.807) is 0 Å². The molecule has 0 aliphatic rings. The molecule has 110 valence electrons. The monoisotopic (exact) mass is 311 g/mol. The maximum absolute atomic E-state index is 13.2. The second-order valence-corrected chi connectivity index (χ2v) is 5.58. The zero-order chi connectivity index (χ0) is 15.1. The van der Waals surface area contributed by atoms with Gasteiger partial charge in [0.25, 0.3) is 0 Å². The fraction of sp³-hybridized carbons (Fsp3) is 0.214. The highest BCUT2D eigenvalue weighted by Gasteiger charge is 2.14. The summed E-state index contributed by atoms with van der Waals surface area (Å²) in [5.74, 6) is -3.88. The van der Waals surface area contributed by atoms with Crippen molar-refractivity contribution in [2.75, 3.05) is 5.32 Å². The minimum absolute atomic E-state index is 0.189. The number of nitrogens with one attached hydrogen (secondary N) is 1. The first-order valence-electron chi connectivity index (χ1n) is 6.28. The molecule has 0 saturated carbocycles. The summed E-state index contributed by atoms with van der Waals surface area (Å²) < 4.78 is 41.3. The average Bonchev–Trinajstić information content (AvgIpc) is 2.93. The molecule has 0 radical (unpaired) electrons. The molecule has 7 heteroatoms. The molecule has 0 bridgehead atoms. The molecule has 3 nitrogen and oxygen atoms in total. The highest BCUT2D eigenvalue weighted by Crippen LogP contribution is 2.22. The predicted octanol–water partition coefficient (Wildman–Crippen LogP) is 4.04. The predicted molar refractivity (Wildman–Crippen MR) is 76.2 cm³/mol. The van der Waals surface area contributed by atoms with Crippen LogP contribution in [0.1, 0.15) is 17.1 Å². The number of aryl methyl sites for hydroxylation is 2. The van der Waals surface area contributed by atoms with Gasteiger partial charge in [-0.25, -0.2) is 18.2 Å². The second kappa shape index (κ2) is 5.07. The standard InChI is InChI=1S/C14H12F3N3S/c1-7-6-21-14-19-8(2)12(20(7)14)5-18-9-3-10(15)13(17)11(16)4-9/h3-4,6,18H,5H2,1-2H3. The zero-order valence-electron chi connectivity index (χ0n) is 11.4. The van der Waals surface area contributed by atoms with Crippen LogP contribution in [-0.2, 0) is 6.54 Å². The lowest BCUT2D eigenvalue weighted by molar-refractivity contribution is 0.447. The summed E-state index contributed by atoms with van der Waals surface area (Å²) in [5.41, 5.74) is 2.99. The molecule has 0 unspecified atom stereocenters. The molecule has 0 amide bonds. The van der Waals surface area contributed by atoms with Crippen molar-refractivity contribution in [2.24, 2.45) is 0 Å². The fourth-order valence-electron chi connectivity index (χ4n) is 2.22. The van der Waals surface area contributed by atoms with Crippen LogP contribution in [0.25, 0.3) is 4.96 Å². The summed E-state index contributed by atoms with van der Waals surface area (Å²) in [7, 11) is 0. The molecule has 1 aromatic carbocycles. The highest BCUT2D eigenvalue weighted by atomic mass is 32.1. The Bertz CT molecular complexity index is 799. The minimum Gasteiger partial charge on any atom is -0.379 e. The van der Waals surface area contributed by atoms with Gasteiger partial charge in [-0.1, -0.05) is 0 Å². The van der Waals surface area contributed by atoms with E-state index in [0.717, 1.165) is 34.2 Å². The SMILES string of the molecule is Cc1nc2scc(C)n2c1CNc1cc(F)c(F)c(F)c1. The lowest BCUT2D eigenvalue weighted by Gasteiger charge is -2.08. The maximum atomic E-state index is 13.2. The number of imidazole rings is 1. The Hall–Kier alpha value is -2.02. The van der Waals surface area contributed by atoms with E-state index in [4.69, 9.17) is 0 Å². The van der Waals surface area contributed by atoms with Crippen molar-refractivity contribution in [3.63, 3.8) is 0 Å². The van der Waals surface area contributed by atoms with Gasteiger partial charge < -0.3 is 5.32 Å². The Morgan fingerprint density at radius 2 is 1.86 bits per heavy atom. The van der Waals surface area contributed by atoms with E-state index < -0.39 is 17.5 Å². The van der Waals surface area contributed by atoms with E-state index in [1.807, 2.05) is 23.6 Å². The fourth-order valence-corrected chi connectivity index (χ4v) is 3.15. The molecular weight excluding hydrogens is 299 g/mol. The molecule has 2 heterocycles. The van der Waals surface area contributed by atoms with Crippen LogP contribution in [0, 0.1) is 31.3 Å². The number of nitrogens with zero attached hydrogens (tertiary/aromatic N) is 2. The van der Waals surface area contributed by atoms with Crippen LogP contribution in [0.2, 0.25) is 0 Å². The number of halogens is 3. The zero-order valence-corrected chi connectivity index (χ0v) is 12.2. The largest absolute Gasteiger partial charge is 0.379 e. The van der Waals surface area contributed by atoms with E-state index in [0.29, 0.717) is 6.54 Å².